The van der Waals surface area contributed by atoms with E-state index in [-0.39, 0.29) is 55.2 Å². The standard InChI is InChI=1S/C41H72N8O8S/c1-13-28(4)36(48(10)40(53)35(27(2)3)44-41(46(6)7)47(8)9)33(56-11)26-34(50)49-23-17-21-32(49)37(57-12)29(5)38(51)43-31(25-30-19-15-14-16-20-30)39(52)45-58(54,55)24-18-22-42/h14-16,19-20,27-29,31-33,35-37H,13,17-18,21-26,42H2,1-12H3,(H,43,51)(H,45,52)/t28?,29?,31-,32?,33?,35-,36?,37?/m0/s1. The molecule has 4 amide bonds. The molecule has 0 aliphatic carbocycles. The zero-order chi connectivity index (χ0) is 43.9. The van der Waals surface area contributed by atoms with Gasteiger partial charge in [0.2, 0.25) is 27.7 Å². The van der Waals surface area contributed by atoms with Crippen LogP contribution >= 0.6 is 0 Å². The van der Waals surface area contributed by atoms with Crippen LogP contribution in [0.15, 0.2) is 35.3 Å². The lowest BCUT2D eigenvalue weighted by molar-refractivity contribution is -0.146. The number of nitrogens with zero attached hydrogens (tertiary/aromatic N) is 5. The topological polar surface area (TPSA) is 196 Å². The number of hydrogen-bond donors (Lipinski definition) is 3. The number of aliphatic imine (C=N–C) groups is 1. The Balaban J connectivity index is 2.35. The summed E-state index contributed by atoms with van der Waals surface area (Å²) in [5.74, 6) is -2.36. The van der Waals surface area contributed by atoms with E-state index in [1.54, 1.807) is 55.1 Å². The number of likely N-dealkylation sites (N-methyl/N-ethyl adjacent to an activating group) is 1. The minimum Gasteiger partial charge on any atom is -0.379 e. The van der Waals surface area contributed by atoms with Crippen molar-refractivity contribution < 1.29 is 37.1 Å². The molecule has 4 N–H and O–H groups in total. The maximum Gasteiger partial charge on any atom is 0.256 e. The van der Waals surface area contributed by atoms with Gasteiger partial charge < -0.3 is 40.1 Å². The molecule has 17 heteroatoms. The van der Waals surface area contributed by atoms with Crippen molar-refractivity contribution in [3.63, 3.8) is 0 Å². The molecule has 16 nitrogen and oxygen atoms in total. The lowest BCUT2D eigenvalue weighted by Crippen LogP contribution is -2.56. The third kappa shape index (κ3) is 14.2. The quantitative estimate of drug-likeness (QED) is 0.114. The van der Waals surface area contributed by atoms with Gasteiger partial charge in [-0.2, -0.15) is 0 Å². The summed E-state index contributed by atoms with van der Waals surface area (Å²) in [6, 6.07) is 6.19. The zero-order valence-electron chi connectivity index (χ0n) is 36.9. The van der Waals surface area contributed by atoms with E-state index in [0.717, 1.165) is 12.0 Å². The van der Waals surface area contributed by atoms with Crippen molar-refractivity contribution in [3.8, 4) is 0 Å². The molecule has 0 aromatic heterocycles. The molecule has 0 saturated carbocycles. The van der Waals surface area contributed by atoms with Crippen LogP contribution in [0.25, 0.3) is 0 Å². The fourth-order valence-electron chi connectivity index (χ4n) is 7.67. The van der Waals surface area contributed by atoms with Gasteiger partial charge in [0.05, 0.1) is 42.4 Å². The van der Waals surface area contributed by atoms with Crippen LogP contribution in [0.4, 0.5) is 0 Å². The number of hydrogen-bond acceptors (Lipinski definition) is 10. The molecule has 1 aliphatic heterocycles. The third-order valence-corrected chi connectivity index (χ3v) is 12.3. The molecule has 1 heterocycles. The van der Waals surface area contributed by atoms with Crippen LogP contribution in [0.5, 0.6) is 0 Å². The van der Waals surface area contributed by atoms with Gasteiger partial charge in [-0.25, -0.2) is 13.4 Å². The fraction of sp³-hybridized carbons (Fsp3) is 0.732. The van der Waals surface area contributed by atoms with Crippen LogP contribution in [0, 0.1) is 17.8 Å². The number of rotatable bonds is 22. The highest BCUT2D eigenvalue weighted by atomic mass is 32.2. The van der Waals surface area contributed by atoms with Crippen LogP contribution in [-0.2, 0) is 45.1 Å². The highest BCUT2D eigenvalue weighted by molar-refractivity contribution is 7.90. The van der Waals surface area contributed by atoms with Crippen LogP contribution in [0.2, 0.25) is 0 Å². The van der Waals surface area contributed by atoms with Gasteiger partial charge >= 0.3 is 0 Å². The molecule has 1 aromatic carbocycles. The van der Waals surface area contributed by atoms with Gasteiger partial charge in [0.25, 0.3) is 5.91 Å². The van der Waals surface area contributed by atoms with E-state index in [1.165, 1.54) is 7.11 Å². The number of sulfonamides is 1. The van der Waals surface area contributed by atoms with Crippen molar-refractivity contribution in [3.05, 3.63) is 35.9 Å². The van der Waals surface area contributed by atoms with E-state index >= 15 is 0 Å². The van der Waals surface area contributed by atoms with E-state index in [0.29, 0.717) is 25.3 Å². The molecule has 1 fully saturated rings. The Bertz CT molecular complexity index is 1600. The Morgan fingerprint density at radius 3 is 2.10 bits per heavy atom. The van der Waals surface area contributed by atoms with Gasteiger partial charge in [-0.1, -0.05) is 71.4 Å². The number of amides is 4. The molecular formula is C41H72N8O8S. The summed E-state index contributed by atoms with van der Waals surface area (Å²) in [5, 5.41) is 2.77. The van der Waals surface area contributed by atoms with Crippen LogP contribution in [0.3, 0.4) is 0 Å². The summed E-state index contributed by atoms with van der Waals surface area (Å²) in [6.07, 6.45) is 0.817. The SMILES string of the molecule is CCC(C)C(C(CC(=O)N1CCCC1C(OC)C(C)C(=O)N[C@@H](Cc1ccccc1)C(=O)NS(=O)(=O)CCCN)OC)N(C)C(=O)[C@@H](N=C(N(C)C)N(C)C)C(C)C. The minimum absolute atomic E-state index is 0.00908. The summed E-state index contributed by atoms with van der Waals surface area (Å²) >= 11 is 0. The van der Waals surface area contributed by atoms with Crippen molar-refractivity contribution in [1.82, 2.24) is 29.6 Å². The predicted octanol–water partition coefficient (Wildman–Crippen LogP) is 1.93. The van der Waals surface area contributed by atoms with E-state index in [4.69, 9.17) is 20.2 Å². The molecule has 0 spiro atoms. The molecule has 58 heavy (non-hydrogen) atoms. The van der Waals surface area contributed by atoms with Crippen molar-refractivity contribution in [2.45, 2.75) is 110 Å². The number of nitrogens with two attached hydrogens (primary N) is 1. The first-order valence-electron chi connectivity index (χ1n) is 20.4. The smallest absolute Gasteiger partial charge is 0.256 e. The number of ether oxygens (including phenoxy) is 2. The molecule has 8 atom stereocenters. The van der Waals surface area contributed by atoms with Crippen LogP contribution in [0.1, 0.15) is 72.3 Å². The molecular weight excluding hydrogens is 765 g/mol. The largest absolute Gasteiger partial charge is 0.379 e. The highest BCUT2D eigenvalue weighted by Gasteiger charge is 2.43. The van der Waals surface area contributed by atoms with Crippen molar-refractivity contribution in [1.29, 1.82) is 0 Å². The maximum atomic E-state index is 14.3. The average Bonchev–Trinajstić information content (AvgIpc) is 3.66. The summed E-state index contributed by atoms with van der Waals surface area (Å²) in [5.41, 5.74) is 6.21. The summed E-state index contributed by atoms with van der Waals surface area (Å²) in [6.45, 7) is 10.3. The molecule has 1 saturated heterocycles. The minimum atomic E-state index is -3.98. The Morgan fingerprint density at radius 1 is 0.966 bits per heavy atom. The van der Waals surface area contributed by atoms with Gasteiger partial charge in [0, 0.05) is 62.4 Å². The number of nitrogens with one attached hydrogen (secondary N) is 2. The van der Waals surface area contributed by atoms with E-state index < -0.39 is 64.1 Å². The second-order valence-electron chi connectivity index (χ2n) is 16.2. The normalized spacial score (nSPS) is 18.0. The van der Waals surface area contributed by atoms with Gasteiger partial charge in [0.15, 0.2) is 5.96 Å². The van der Waals surface area contributed by atoms with Crippen LogP contribution in [-0.4, -0.2) is 162 Å². The summed E-state index contributed by atoms with van der Waals surface area (Å²) in [4.78, 5) is 67.9. The van der Waals surface area contributed by atoms with Gasteiger partial charge in [-0.15, -0.1) is 0 Å². The zero-order valence-corrected chi connectivity index (χ0v) is 37.8. The van der Waals surface area contributed by atoms with Gasteiger partial charge in [0.1, 0.15) is 12.1 Å². The first-order chi connectivity index (χ1) is 27.2. The van der Waals surface area contributed by atoms with Crippen molar-refractivity contribution in [2.24, 2.45) is 28.5 Å². The van der Waals surface area contributed by atoms with Crippen molar-refractivity contribution in [2.75, 3.05) is 68.3 Å². The van der Waals surface area contributed by atoms with E-state index in [9.17, 15) is 27.6 Å². The van der Waals surface area contributed by atoms with Gasteiger partial charge in [-0.3, -0.25) is 23.9 Å². The second-order valence-corrected chi connectivity index (χ2v) is 18.0. The molecule has 1 aromatic rings. The number of likely N-dealkylation sites (tertiary alicyclic amines) is 1. The third-order valence-electron chi connectivity index (χ3n) is 11.0. The first-order valence-corrected chi connectivity index (χ1v) is 22.0. The number of carbonyl (C=O) groups excluding carboxylic acids is 4. The lowest BCUT2D eigenvalue weighted by atomic mass is 9.89. The molecule has 0 radical (unpaired) electrons. The number of methoxy groups -OCH3 is 2. The van der Waals surface area contributed by atoms with Crippen molar-refractivity contribution >= 4 is 39.6 Å². The predicted molar refractivity (Wildman–Crippen MR) is 227 cm³/mol. The monoisotopic (exact) mass is 837 g/mol. The molecule has 0 bridgehead atoms. The Labute approximate surface area is 347 Å². The van der Waals surface area contributed by atoms with E-state index in [2.05, 4.69) is 10.0 Å². The molecule has 2 rings (SSSR count). The highest BCUT2D eigenvalue weighted by Crippen LogP contribution is 2.30. The second kappa shape index (κ2) is 23.7. The van der Waals surface area contributed by atoms with E-state index in [1.807, 2.05) is 71.8 Å². The molecule has 6 unspecified atom stereocenters. The Morgan fingerprint density at radius 2 is 1.59 bits per heavy atom. The number of benzene rings is 1. The maximum absolute atomic E-state index is 14.3. The first kappa shape index (κ1) is 50.3. The van der Waals surface area contributed by atoms with Gasteiger partial charge in [-0.05, 0) is 43.2 Å². The summed E-state index contributed by atoms with van der Waals surface area (Å²) in [7, 11) is 8.34. The Kier molecular flexibility index (Phi) is 20.6. The number of carbonyl (C=O) groups is 4. The Hall–Kier alpha value is -3.80. The lowest BCUT2D eigenvalue weighted by Gasteiger charge is -2.40. The molecule has 1 aliphatic rings. The van der Waals surface area contributed by atoms with Crippen LogP contribution < -0.4 is 15.8 Å². The fourth-order valence-corrected chi connectivity index (χ4v) is 8.77. The number of guanidine groups is 1. The molecule has 330 valence electrons. The average molecular weight is 837 g/mol. The summed E-state index contributed by atoms with van der Waals surface area (Å²) < 4.78 is 39.3.